The van der Waals surface area contributed by atoms with Crippen LogP contribution in [0.3, 0.4) is 0 Å². The van der Waals surface area contributed by atoms with Crippen molar-refractivity contribution in [2.45, 2.75) is 0 Å². The van der Waals surface area contributed by atoms with E-state index in [0.717, 1.165) is 16.7 Å². The van der Waals surface area contributed by atoms with E-state index in [0.29, 0.717) is 17.5 Å². The van der Waals surface area contributed by atoms with Crippen molar-refractivity contribution in [1.82, 2.24) is 19.5 Å². The third-order valence-electron chi connectivity index (χ3n) is 12.1. The fourth-order valence-corrected chi connectivity index (χ4v) is 11.3. The van der Waals surface area contributed by atoms with Gasteiger partial charge in [-0.3, -0.25) is 0 Å². The molecule has 0 saturated carbocycles. The molecular weight excluding hydrogens is 715 g/mol. The van der Waals surface area contributed by atoms with E-state index < -0.39 is 0 Å². The highest BCUT2D eigenvalue weighted by Gasteiger charge is 2.23. The Bertz CT molecular complexity index is 3380. The molecule has 0 aliphatic heterocycles. The van der Waals surface area contributed by atoms with Crippen LogP contribution in [0.5, 0.6) is 0 Å². The second-order valence-corrected chi connectivity index (χ2v) is 17.0. The van der Waals surface area contributed by atoms with E-state index in [1.165, 1.54) is 95.2 Å². The molecule has 258 valence electrons. The van der Waals surface area contributed by atoms with Crippen molar-refractivity contribution in [3.63, 3.8) is 0 Å². The number of hydrogen-bond donors (Lipinski definition) is 0. The number of para-hydroxylation sites is 2. The highest BCUT2D eigenvalue weighted by molar-refractivity contribution is 7.26. The lowest BCUT2D eigenvalue weighted by atomic mass is 9.60. The number of nitrogens with zero attached hydrogens (tertiary/aromatic N) is 4. The Morgan fingerprint density at radius 3 is 1.61 bits per heavy atom. The van der Waals surface area contributed by atoms with E-state index >= 15 is 0 Å². The maximum absolute atomic E-state index is 5.42. The summed E-state index contributed by atoms with van der Waals surface area (Å²) >= 11 is 3.63. The lowest BCUT2D eigenvalue weighted by Gasteiger charge is -2.20. The number of fused-ring (bicyclic) bond motifs is 9. The van der Waals surface area contributed by atoms with Crippen LogP contribution in [-0.4, -0.2) is 58.8 Å². The summed E-state index contributed by atoms with van der Waals surface area (Å²) in [7, 11) is 11.1. The second-order valence-electron chi connectivity index (χ2n) is 14.9. The van der Waals surface area contributed by atoms with Gasteiger partial charge in [0.1, 0.15) is 39.2 Å². The summed E-state index contributed by atoms with van der Waals surface area (Å²) in [6, 6.07) is 46.0. The summed E-state index contributed by atoms with van der Waals surface area (Å²) in [4.78, 5) is 16.2. The molecule has 11 heteroatoms. The molecule has 0 radical (unpaired) electrons. The van der Waals surface area contributed by atoms with Gasteiger partial charge in [-0.1, -0.05) is 95.9 Å². The van der Waals surface area contributed by atoms with Crippen LogP contribution >= 0.6 is 22.7 Å². The van der Waals surface area contributed by atoms with Crippen molar-refractivity contribution in [2.24, 2.45) is 0 Å². The second kappa shape index (κ2) is 12.6. The van der Waals surface area contributed by atoms with Crippen LogP contribution in [0.1, 0.15) is 0 Å². The molecule has 0 bridgehead atoms. The summed E-state index contributed by atoms with van der Waals surface area (Å²) in [5.74, 6) is 2.09. The number of benzene rings is 7. The zero-order chi connectivity index (χ0) is 37.8. The zero-order valence-electron chi connectivity index (χ0n) is 31.7. The molecule has 4 nitrogen and oxygen atoms in total. The van der Waals surface area contributed by atoms with Crippen LogP contribution < -0.4 is 27.3 Å². The summed E-state index contributed by atoms with van der Waals surface area (Å²) in [6.45, 7) is 0. The van der Waals surface area contributed by atoms with Crippen LogP contribution in [-0.2, 0) is 0 Å². The molecule has 0 saturated heterocycles. The zero-order valence-corrected chi connectivity index (χ0v) is 33.4. The van der Waals surface area contributed by atoms with Crippen LogP contribution in [0.15, 0.2) is 127 Å². The van der Waals surface area contributed by atoms with Gasteiger partial charge in [-0.2, -0.15) is 0 Å². The molecular formula is C45H31B5N4S2. The fourth-order valence-electron chi connectivity index (χ4n) is 8.90. The Morgan fingerprint density at radius 2 is 0.893 bits per heavy atom. The monoisotopic (exact) mass is 746 g/mol. The van der Waals surface area contributed by atoms with Gasteiger partial charge in [-0.15, -0.1) is 39.1 Å². The Kier molecular flexibility index (Phi) is 7.51. The molecule has 0 fully saturated rings. The van der Waals surface area contributed by atoms with Gasteiger partial charge in [0, 0.05) is 67.8 Å². The molecule has 4 heterocycles. The smallest absolute Gasteiger partial charge is 0.165 e. The molecule has 0 spiro atoms. The van der Waals surface area contributed by atoms with Crippen LogP contribution in [0.2, 0.25) is 0 Å². The van der Waals surface area contributed by atoms with E-state index in [9.17, 15) is 0 Å². The number of aromatic nitrogens is 4. The minimum atomic E-state index is 0.687. The summed E-state index contributed by atoms with van der Waals surface area (Å²) in [5, 5.41) is 7.37. The maximum atomic E-state index is 5.42. The molecule has 0 atom stereocenters. The average Bonchev–Trinajstić information content (AvgIpc) is 3.92. The third-order valence-corrected chi connectivity index (χ3v) is 14.4. The van der Waals surface area contributed by atoms with E-state index in [2.05, 4.69) is 171 Å². The van der Waals surface area contributed by atoms with Gasteiger partial charge in [0.2, 0.25) is 0 Å². The molecule has 4 aromatic heterocycles. The largest absolute Gasteiger partial charge is 0.309 e. The van der Waals surface area contributed by atoms with Crippen molar-refractivity contribution < 1.29 is 0 Å². The van der Waals surface area contributed by atoms with Crippen molar-refractivity contribution >= 4 is 151 Å². The lowest BCUT2D eigenvalue weighted by Crippen LogP contribution is -2.55. The van der Waals surface area contributed by atoms with Crippen molar-refractivity contribution in [3.8, 4) is 39.9 Å². The first kappa shape index (κ1) is 33.5. The summed E-state index contributed by atoms with van der Waals surface area (Å²) < 4.78 is 7.32. The van der Waals surface area contributed by atoms with Gasteiger partial charge in [-0.05, 0) is 42.5 Å². The molecule has 0 aliphatic rings. The summed E-state index contributed by atoms with van der Waals surface area (Å²) in [5.41, 5.74) is 13.0. The minimum Gasteiger partial charge on any atom is -0.309 e. The predicted octanol–water partition coefficient (Wildman–Crippen LogP) is 4.00. The first-order valence-electron chi connectivity index (χ1n) is 19.0. The number of rotatable bonds is 4. The van der Waals surface area contributed by atoms with E-state index in [1.54, 1.807) is 0 Å². The first-order chi connectivity index (χ1) is 27.4. The maximum Gasteiger partial charge on any atom is 0.165 e. The lowest BCUT2D eigenvalue weighted by molar-refractivity contribution is 1.08. The van der Waals surface area contributed by atoms with Gasteiger partial charge < -0.3 is 4.57 Å². The Hall–Kier alpha value is -5.89. The predicted molar refractivity (Wildman–Crippen MR) is 257 cm³/mol. The van der Waals surface area contributed by atoms with Gasteiger partial charge >= 0.3 is 0 Å². The average molecular weight is 746 g/mol. The van der Waals surface area contributed by atoms with Crippen LogP contribution in [0.4, 0.5) is 0 Å². The topological polar surface area (TPSA) is 43.6 Å². The third kappa shape index (κ3) is 4.80. The molecule has 0 aliphatic carbocycles. The Labute approximate surface area is 336 Å². The van der Waals surface area contributed by atoms with Crippen molar-refractivity contribution in [3.05, 3.63) is 127 Å². The quantitative estimate of drug-likeness (QED) is 0.256. The van der Waals surface area contributed by atoms with E-state index in [-0.39, 0.29) is 0 Å². The molecule has 11 aromatic rings. The highest BCUT2D eigenvalue weighted by atomic mass is 32.1. The highest BCUT2D eigenvalue weighted by Crippen LogP contribution is 2.45. The number of thiophene rings is 2. The summed E-state index contributed by atoms with van der Waals surface area (Å²) in [6.07, 6.45) is 0. The van der Waals surface area contributed by atoms with Crippen LogP contribution in [0.25, 0.3) is 102 Å². The molecule has 7 aromatic carbocycles. The SMILES string of the molecule is Bc1c(B)c(B)c(-c2nc(-c3cccc4c3sc3cccc(-n5c6ccccc6c6ccccc65)c34)nc(-c3cccc4sc5ccccc5c34)n2)c(B)c1B. The normalized spacial score (nSPS) is 11.9. The van der Waals surface area contributed by atoms with Gasteiger partial charge in [0.05, 0.1) is 16.7 Å². The molecule has 0 amide bonds. The van der Waals surface area contributed by atoms with Crippen LogP contribution in [0, 0.1) is 0 Å². The first-order valence-corrected chi connectivity index (χ1v) is 20.7. The van der Waals surface area contributed by atoms with Crippen molar-refractivity contribution in [1.29, 1.82) is 0 Å². The van der Waals surface area contributed by atoms with E-state index in [1.807, 2.05) is 22.7 Å². The molecule has 11 rings (SSSR count). The van der Waals surface area contributed by atoms with Gasteiger partial charge in [-0.25, -0.2) is 15.0 Å². The Balaban J connectivity index is 1.21. The molecule has 0 unspecified atom stereocenters. The molecule has 56 heavy (non-hydrogen) atoms. The Morgan fingerprint density at radius 1 is 0.393 bits per heavy atom. The van der Waals surface area contributed by atoms with Crippen molar-refractivity contribution in [2.75, 3.05) is 0 Å². The van der Waals surface area contributed by atoms with E-state index in [4.69, 9.17) is 15.0 Å². The van der Waals surface area contributed by atoms with Gasteiger partial charge in [0.25, 0.3) is 0 Å². The minimum absolute atomic E-state index is 0.687. The fraction of sp³-hybridized carbons (Fsp3) is 0. The van der Waals surface area contributed by atoms with Gasteiger partial charge in [0.15, 0.2) is 17.5 Å². The molecule has 0 N–H and O–H groups in total. The standard InChI is InChI=1S/C45H31B5N4S2/c46-37-36(38(47)40(49)41(50)39(37)48)45-52-43(26-14-8-20-32-34(26)24-12-3-6-19-31(24)55-32)51-44(53-45)27-15-7-13-25-35-30(18-9-21-33(35)56-42(25)27)54-28-16-4-1-10-22(28)23-11-2-5-17-29(23)54/h1-21H,46-50H2. The number of hydrogen-bond acceptors (Lipinski definition) is 5.